The molecule has 19 heavy (non-hydrogen) atoms. The van der Waals surface area contributed by atoms with Gasteiger partial charge in [-0.1, -0.05) is 29.2 Å². The Morgan fingerprint density at radius 3 is 3.05 bits per heavy atom. The molecule has 1 N–H and O–H groups in total. The molecule has 0 unspecified atom stereocenters. The number of aromatic nitrogens is 3. The minimum absolute atomic E-state index is 0.149. The lowest BCUT2D eigenvalue weighted by molar-refractivity contribution is -0.115. The summed E-state index contributed by atoms with van der Waals surface area (Å²) in [7, 11) is 0. The summed E-state index contributed by atoms with van der Waals surface area (Å²) >= 11 is 8.45. The summed E-state index contributed by atoms with van der Waals surface area (Å²) < 4.78 is 0.800. The van der Waals surface area contributed by atoms with Crippen LogP contribution in [-0.4, -0.2) is 32.7 Å². The molecular formula is C11H11ClN4OS2. The number of alkyl halides is 1. The Morgan fingerprint density at radius 2 is 2.32 bits per heavy atom. The molecular weight excluding hydrogens is 304 g/mol. The number of amides is 1. The van der Waals surface area contributed by atoms with E-state index in [0.717, 1.165) is 15.8 Å². The van der Waals surface area contributed by atoms with Gasteiger partial charge in [-0.15, -0.1) is 21.8 Å². The van der Waals surface area contributed by atoms with Crippen molar-refractivity contribution in [1.29, 1.82) is 0 Å². The molecule has 0 atom stereocenters. The van der Waals surface area contributed by atoms with Crippen LogP contribution in [0.25, 0.3) is 0 Å². The summed E-state index contributed by atoms with van der Waals surface area (Å²) in [6.07, 6.45) is 1.89. The van der Waals surface area contributed by atoms with Crippen molar-refractivity contribution in [3.05, 3.63) is 30.1 Å². The van der Waals surface area contributed by atoms with Gasteiger partial charge in [-0.25, -0.2) is 0 Å². The fourth-order valence-corrected chi connectivity index (χ4v) is 3.07. The number of hydrogen-bond donors (Lipinski definition) is 1. The molecule has 2 aromatic rings. The molecule has 0 aliphatic rings. The molecule has 8 heteroatoms. The first-order valence-corrected chi connectivity index (χ1v) is 7.83. The molecule has 2 heterocycles. The summed E-state index contributed by atoms with van der Waals surface area (Å²) in [6, 6.07) is 5.47. The van der Waals surface area contributed by atoms with Crippen molar-refractivity contribution in [2.24, 2.45) is 0 Å². The van der Waals surface area contributed by atoms with Crippen LogP contribution in [0.2, 0.25) is 0 Å². The second kappa shape index (κ2) is 7.42. The Labute approximate surface area is 123 Å². The zero-order chi connectivity index (χ0) is 13.5. The Kier molecular flexibility index (Phi) is 5.56. The number of pyridine rings is 1. The van der Waals surface area contributed by atoms with Crippen LogP contribution >= 0.6 is 34.7 Å². The maximum absolute atomic E-state index is 11.8. The average molecular weight is 315 g/mol. The molecule has 0 radical (unpaired) electrons. The van der Waals surface area contributed by atoms with Crippen LogP contribution in [0.4, 0.5) is 5.13 Å². The topological polar surface area (TPSA) is 67.8 Å². The third-order valence-electron chi connectivity index (χ3n) is 2.02. The lowest BCUT2D eigenvalue weighted by atomic mass is 10.2. The summed E-state index contributed by atoms with van der Waals surface area (Å²) in [5, 5.41) is 11.1. The maximum Gasteiger partial charge on any atom is 0.232 e. The van der Waals surface area contributed by atoms with Gasteiger partial charge in [0, 0.05) is 23.5 Å². The lowest BCUT2D eigenvalue weighted by Crippen LogP contribution is -2.14. The third-order valence-corrected chi connectivity index (χ3v) is 4.41. The van der Waals surface area contributed by atoms with Gasteiger partial charge in [-0.2, -0.15) is 0 Å². The van der Waals surface area contributed by atoms with Gasteiger partial charge in [0.25, 0.3) is 0 Å². The highest BCUT2D eigenvalue weighted by molar-refractivity contribution is 8.01. The summed E-state index contributed by atoms with van der Waals surface area (Å²) in [5.74, 6) is 1.19. The van der Waals surface area contributed by atoms with E-state index < -0.39 is 0 Å². The molecule has 2 aromatic heterocycles. The Balaban J connectivity index is 1.86. The van der Waals surface area contributed by atoms with Crippen molar-refractivity contribution >= 4 is 45.7 Å². The Bertz CT molecular complexity index is 535. The highest BCUT2D eigenvalue weighted by Gasteiger charge is 2.09. The van der Waals surface area contributed by atoms with Crippen molar-refractivity contribution in [2.75, 3.05) is 16.9 Å². The minimum Gasteiger partial charge on any atom is -0.300 e. The first-order valence-electron chi connectivity index (χ1n) is 5.50. The number of carbonyl (C=O) groups excluding carboxylic acids is 1. The number of carbonyl (C=O) groups is 1. The number of nitrogens with zero attached hydrogens (tertiary/aromatic N) is 3. The van der Waals surface area contributed by atoms with Crippen molar-refractivity contribution in [3.63, 3.8) is 0 Å². The smallest absolute Gasteiger partial charge is 0.232 e. The predicted molar refractivity (Wildman–Crippen MR) is 77.9 cm³/mol. The Morgan fingerprint density at radius 1 is 1.42 bits per heavy atom. The van der Waals surface area contributed by atoms with Crippen molar-refractivity contribution in [1.82, 2.24) is 15.2 Å². The number of rotatable bonds is 6. The number of halogens is 1. The van der Waals surface area contributed by atoms with Crippen LogP contribution < -0.4 is 5.32 Å². The fraction of sp³-hybridized carbons (Fsp3) is 0.273. The fourth-order valence-electron chi connectivity index (χ4n) is 1.28. The normalized spacial score (nSPS) is 10.4. The van der Waals surface area contributed by atoms with Crippen LogP contribution in [0.5, 0.6) is 0 Å². The molecule has 0 aromatic carbocycles. The molecule has 0 spiro atoms. The monoisotopic (exact) mass is 314 g/mol. The van der Waals surface area contributed by atoms with Crippen molar-refractivity contribution < 1.29 is 4.79 Å². The van der Waals surface area contributed by atoms with Crippen LogP contribution in [0.1, 0.15) is 5.69 Å². The lowest BCUT2D eigenvalue weighted by Gasteiger charge is -1.99. The minimum atomic E-state index is -0.149. The van der Waals surface area contributed by atoms with E-state index in [4.69, 9.17) is 11.6 Å². The van der Waals surface area contributed by atoms with Crippen molar-refractivity contribution in [2.45, 2.75) is 10.8 Å². The zero-order valence-corrected chi connectivity index (χ0v) is 12.3. The van der Waals surface area contributed by atoms with Gasteiger partial charge < -0.3 is 5.32 Å². The first-order chi connectivity index (χ1) is 9.28. The third kappa shape index (κ3) is 4.77. The largest absolute Gasteiger partial charge is 0.300 e. The SMILES string of the molecule is O=C(Cc1ccccn1)Nc1nnc(SCCCl)s1. The molecule has 0 bridgehead atoms. The van der Waals surface area contributed by atoms with Gasteiger partial charge in [-0.3, -0.25) is 9.78 Å². The first kappa shape index (κ1) is 14.2. The van der Waals surface area contributed by atoms with E-state index in [1.807, 2.05) is 12.1 Å². The van der Waals surface area contributed by atoms with Gasteiger partial charge in [-0.05, 0) is 12.1 Å². The molecule has 100 valence electrons. The van der Waals surface area contributed by atoms with E-state index in [1.165, 1.54) is 23.1 Å². The molecule has 0 aliphatic carbocycles. The van der Waals surface area contributed by atoms with E-state index in [1.54, 1.807) is 12.3 Å². The van der Waals surface area contributed by atoms with E-state index in [0.29, 0.717) is 11.0 Å². The van der Waals surface area contributed by atoms with Crippen LogP contribution in [0.15, 0.2) is 28.7 Å². The van der Waals surface area contributed by atoms with Gasteiger partial charge in [0.05, 0.1) is 6.42 Å². The molecule has 2 rings (SSSR count). The number of thioether (sulfide) groups is 1. The zero-order valence-electron chi connectivity index (χ0n) is 9.88. The Hall–Kier alpha value is -1.18. The van der Waals surface area contributed by atoms with Crippen LogP contribution in [0, 0.1) is 0 Å². The van der Waals surface area contributed by atoms with E-state index in [2.05, 4.69) is 20.5 Å². The summed E-state index contributed by atoms with van der Waals surface area (Å²) in [4.78, 5) is 15.9. The predicted octanol–water partition coefficient (Wildman–Crippen LogP) is 2.45. The molecule has 0 fully saturated rings. The van der Waals surface area contributed by atoms with Gasteiger partial charge >= 0.3 is 0 Å². The van der Waals surface area contributed by atoms with E-state index in [-0.39, 0.29) is 12.3 Å². The average Bonchev–Trinajstić information content (AvgIpc) is 2.85. The molecule has 0 saturated carbocycles. The maximum atomic E-state index is 11.8. The number of anilines is 1. The molecule has 1 amide bonds. The second-order valence-corrected chi connectivity index (χ2v) is 6.15. The summed E-state index contributed by atoms with van der Waals surface area (Å²) in [5.41, 5.74) is 0.723. The standard InChI is InChI=1S/C11H11ClN4OS2/c12-4-6-18-11-16-15-10(19-11)14-9(17)7-8-3-1-2-5-13-8/h1-3,5H,4,6-7H2,(H,14,15,17). The molecule has 5 nitrogen and oxygen atoms in total. The van der Waals surface area contributed by atoms with Crippen molar-refractivity contribution in [3.8, 4) is 0 Å². The van der Waals surface area contributed by atoms with Gasteiger partial charge in [0.1, 0.15) is 0 Å². The van der Waals surface area contributed by atoms with E-state index >= 15 is 0 Å². The van der Waals surface area contributed by atoms with Crippen LogP contribution in [-0.2, 0) is 11.2 Å². The number of nitrogens with one attached hydrogen (secondary N) is 1. The summed E-state index contributed by atoms with van der Waals surface area (Å²) in [6.45, 7) is 0. The van der Waals surface area contributed by atoms with Gasteiger partial charge in [0.15, 0.2) is 4.34 Å². The highest BCUT2D eigenvalue weighted by Crippen LogP contribution is 2.25. The second-order valence-electron chi connectivity index (χ2n) is 3.46. The van der Waals surface area contributed by atoms with Gasteiger partial charge in [0.2, 0.25) is 11.0 Å². The van der Waals surface area contributed by atoms with Crippen LogP contribution in [0.3, 0.4) is 0 Å². The number of hydrogen-bond acceptors (Lipinski definition) is 6. The molecule has 0 saturated heterocycles. The van der Waals surface area contributed by atoms with E-state index in [9.17, 15) is 4.79 Å². The molecule has 0 aliphatic heterocycles. The quantitative estimate of drug-likeness (QED) is 0.504. The highest BCUT2D eigenvalue weighted by atomic mass is 35.5.